The molecule has 0 saturated carbocycles. The maximum atomic E-state index is 10.6. The number of amides is 1. The van der Waals surface area contributed by atoms with E-state index in [1.54, 1.807) is 6.92 Å². The normalized spacial score (nSPS) is 8.08. The van der Waals surface area contributed by atoms with Crippen molar-refractivity contribution in [2.75, 3.05) is 13.2 Å². The van der Waals surface area contributed by atoms with Crippen LogP contribution in [0.1, 0.15) is 6.92 Å². The molecule has 0 unspecified atom stereocenters. The van der Waals surface area contributed by atoms with Crippen LogP contribution in [0.2, 0.25) is 0 Å². The second-order valence-corrected chi connectivity index (χ2v) is 1.78. The summed E-state index contributed by atoms with van der Waals surface area (Å²) in [5.74, 6) is -1.10. The lowest BCUT2D eigenvalue weighted by molar-refractivity contribution is -0.143. The summed E-state index contributed by atoms with van der Waals surface area (Å²) in [7, 11) is 0. The number of nitrogens with zero attached hydrogens (tertiary/aromatic N) is 1. The van der Waals surface area contributed by atoms with E-state index >= 15 is 0 Å². The zero-order valence-electron chi connectivity index (χ0n) is 6.66. The van der Waals surface area contributed by atoms with E-state index < -0.39 is 11.9 Å². The molecule has 0 aromatic carbocycles. The Morgan fingerprint density at radius 1 is 1.67 bits per heavy atom. The number of nitrogens with one attached hydrogen (secondary N) is 2. The molecule has 0 saturated heterocycles. The van der Waals surface area contributed by atoms with Gasteiger partial charge in [-0.15, -0.1) is 0 Å². The Morgan fingerprint density at radius 2 is 2.33 bits per heavy atom. The quantitative estimate of drug-likeness (QED) is 0.246. The van der Waals surface area contributed by atoms with Gasteiger partial charge in [0.15, 0.2) is 0 Å². The number of rotatable bonds is 4. The Labute approximate surface area is 69.1 Å². The van der Waals surface area contributed by atoms with Crippen LogP contribution in [0.4, 0.5) is 0 Å². The molecule has 12 heavy (non-hydrogen) atoms. The third-order valence-electron chi connectivity index (χ3n) is 0.894. The number of carbonyl (C=O) groups excluding carboxylic acids is 2. The minimum atomic E-state index is -0.585. The fourth-order valence-electron chi connectivity index (χ4n) is 0.476. The summed E-state index contributed by atoms with van der Waals surface area (Å²) < 4.78 is 4.53. The molecule has 0 rings (SSSR count). The topological polar surface area (TPSA) is 93.3 Å². The summed E-state index contributed by atoms with van der Waals surface area (Å²) in [6.07, 6.45) is 0.763. The zero-order chi connectivity index (χ0) is 9.40. The molecule has 66 valence electrons. The summed E-state index contributed by atoms with van der Waals surface area (Å²) in [6, 6.07) is 0. The molecule has 0 atom stereocenters. The highest BCUT2D eigenvalue weighted by molar-refractivity contribution is 6.24. The lowest BCUT2D eigenvalue weighted by Crippen LogP contribution is -2.31. The second kappa shape index (κ2) is 6.06. The van der Waals surface area contributed by atoms with Crippen LogP contribution in [0, 0.1) is 5.53 Å². The first-order chi connectivity index (χ1) is 5.70. The van der Waals surface area contributed by atoms with E-state index in [2.05, 4.69) is 14.8 Å². The molecule has 0 aromatic rings. The first kappa shape index (κ1) is 10.3. The van der Waals surface area contributed by atoms with Gasteiger partial charge in [-0.3, -0.25) is 9.59 Å². The Bertz CT molecular complexity index is 220. The van der Waals surface area contributed by atoms with Crippen molar-refractivity contribution < 1.29 is 19.1 Å². The van der Waals surface area contributed by atoms with Gasteiger partial charge in [-0.05, 0) is 6.92 Å². The largest absolute Gasteiger partial charge is 0.465 e. The third kappa shape index (κ3) is 5.13. The number of ether oxygens (including phenoxy) is 1. The molecule has 0 spiro atoms. The van der Waals surface area contributed by atoms with E-state index in [1.807, 2.05) is 0 Å². The van der Waals surface area contributed by atoms with Gasteiger partial charge in [-0.1, -0.05) is 0 Å². The van der Waals surface area contributed by atoms with Crippen molar-refractivity contribution in [3.8, 4) is 0 Å². The minimum Gasteiger partial charge on any atom is -0.465 e. The molecule has 0 aromatic heterocycles. The van der Waals surface area contributed by atoms with E-state index in [9.17, 15) is 9.59 Å². The summed E-state index contributed by atoms with van der Waals surface area (Å²) in [4.78, 5) is 23.9. The van der Waals surface area contributed by atoms with Crippen LogP contribution in [-0.4, -0.2) is 36.0 Å². The van der Waals surface area contributed by atoms with Crippen molar-refractivity contribution in [3.05, 3.63) is 0 Å². The van der Waals surface area contributed by atoms with Gasteiger partial charge >= 0.3 is 18.1 Å². The average Bonchev–Trinajstić information content (AvgIpc) is 2.02. The average molecular weight is 172 g/mol. The van der Waals surface area contributed by atoms with Crippen molar-refractivity contribution in [2.24, 2.45) is 0 Å². The van der Waals surface area contributed by atoms with Gasteiger partial charge in [-0.2, -0.15) is 0 Å². The SMILES string of the molecule is CCOC(=O)CNC(=O)C=[N+]=N. The Morgan fingerprint density at radius 3 is 2.83 bits per heavy atom. The smallest absolute Gasteiger partial charge is 0.394 e. The Balaban J connectivity index is 3.61. The van der Waals surface area contributed by atoms with Crippen LogP contribution in [0.25, 0.3) is 0 Å². The molecule has 0 aliphatic carbocycles. The van der Waals surface area contributed by atoms with Gasteiger partial charge in [0.05, 0.1) is 16.9 Å². The van der Waals surface area contributed by atoms with Crippen LogP contribution in [0.5, 0.6) is 0 Å². The number of carbonyl (C=O) groups is 2. The molecule has 0 fully saturated rings. The van der Waals surface area contributed by atoms with Gasteiger partial charge in [0.1, 0.15) is 6.54 Å². The maximum Gasteiger partial charge on any atom is 0.394 e. The van der Waals surface area contributed by atoms with Crippen LogP contribution in [0.15, 0.2) is 0 Å². The molecule has 2 N–H and O–H groups in total. The van der Waals surface area contributed by atoms with Gasteiger partial charge in [-0.25, -0.2) is 0 Å². The highest BCUT2D eigenvalue weighted by atomic mass is 16.5. The van der Waals surface area contributed by atoms with Crippen LogP contribution >= 0.6 is 0 Å². The monoisotopic (exact) mass is 172 g/mol. The number of esters is 1. The predicted octanol–water partition coefficient (Wildman–Crippen LogP) is -1.02. The lowest BCUT2D eigenvalue weighted by Gasteiger charge is -1.99. The molecule has 0 heterocycles. The summed E-state index contributed by atoms with van der Waals surface area (Å²) in [5, 5.41) is 2.19. The van der Waals surface area contributed by atoms with E-state index in [0.717, 1.165) is 6.21 Å². The standard InChI is InChI=1S/C6H9N3O3/c1-2-12-6(11)4-8-5(10)3-9-7/h3,7H,2,4H2,1H3/p+1. The predicted molar refractivity (Wildman–Crippen MR) is 38.7 cm³/mol. The fourth-order valence-corrected chi connectivity index (χ4v) is 0.476. The zero-order valence-corrected chi connectivity index (χ0v) is 6.66. The van der Waals surface area contributed by atoms with Crippen molar-refractivity contribution in [1.82, 2.24) is 5.32 Å². The van der Waals surface area contributed by atoms with Crippen molar-refractivity contribution in [1.29, 1.82) is 5.53 Å². The van der Waals surface area contributed by atoms with Crippen molar-refractivity contribution >= 4 is 18.1 Å². The molecule has 0 aliphatic heterocycles. The summed E-state index contributed by atoms with van der Waals surface area (Å²) in [5.41, 5.74) is 6.29. The number of hydrogen-bond acceptors (Lipinski definition) is 4. The van der Waals surface area contributed by atoms with Crippen molar-refractivity contribution in [3.63, 3.8) is 0 Å². The van der Waals surface area contributed by atoms with E-state index in [4.69, 9.17) is 5.53 Å². The maximum absolute atomic E-state index is 10.6. The second-order valence-electron chi connectivity index (χ2n) is 1.78. The van der Waals surface area contributed by atoms with E-state index in [-0.39, 0.29) is 13.2 Å². The molecular weight excluding hydrogens is 162 g/mol. The van der Waals surface area contributed by atoms with Crippen LogP contribution < -0.4 is 5.32 Å². The van der Waals surface area contributed by atoms with Crippen LogP contribution in [-0.2, 0) is 14.3 Å². The molecule has 0 radical (unpaired) electrons. The fraction of sp³-hybridized carbons (Fsp3) is 0.500. The first-order valence-electron chi connectivity index (χ1n) is 3.34. The molecule has 6 nitrogen and oxygen atoms in total. The third-order valence-corrected chi connectivity index (χ3v) is 0.894. The van der Waals surface area contributed by atoms with E-state index in [0.29, 0.717) is 0 Å². The highest BCUT2D eigenvalue weighted by Gasteiger charge is 2.06. The minimum absolute atomic E-state index is 0.196. The van der Waals surface area contributed by atoms with Gasteiger partial charge in [0.2, 0.25) is 0 Å². The van der Waals surface area contributed by atoms with Gasteiger partial charge < -0.3 is 10.1 Å². The Hall–Kier alpha value is -1.68. The summed E-state index contributed by atoms with van der Waals surface area (Å²) >= 11 is 0. The molecule has 0 bridgehead atoms. The van der Waals surface area contributed by atoms with Gasteiger partial charge in [0, 0.05) is 0 Å². The lowest BCUT2D eigenvalue weighted by atomic mass is 10.6. The molecule has 6 heteroatoms. The van der Waals surface area contributed by atoms with Crippen LogP contribution in [0.3, 0.4) is 0 Å². The Kier molecular flexibility index (Phi) is 5.21. The first-order valence-corrected chi connectivity index (χ1v) is 3.34. The molecule has 0 aliphatic rings. The van der Waals surface area contributed by atoms with E-state index in [1.165, 1.54) is 0 Å². The number of hydrogen-bond donors (Lipinski definition) is 2. The molecular formula is C6H10N3O3+. The van der Waals surface area contributed by atoms with Gasteiger partial charge in [0.25, 0.3) is 0 Å². The highest BCUT2D eigenvalue weighted by Crippen LogP contribution is 1.73. The molecule has 1 amide bonds. The van der Waals surface area contributed by atoms with Crippen molar-refractivity contribution in [2.45, 2.75) is 6.92 Å². The summed E-state index contributed by atoms with van der Waals surface area (Å²) in [6.45, 7) is 1.75.